The van der Waals surface area contributed by atoms with E-state index in [1.165, 1.54) is 0 Å². The molecule has 0 radical (unpaired) electrons. The van der Waals surface area contributed by atoms with Gasteiger partial charge in [0.25, 0.3) is 0 Å². The van der Waals surface area contributed by atoms with Gasteiger partial charge in [-0.15, -0.1) is 0 Å². The highest BCUT2D eigenvalue weighted by Gasteiger charge is 2.23. The highest BCUT2D eigenvalue weighted by molar-refractivity contribution is 9.10. The van der Waals surface area contributed by atoms with E-state index in [1.54, 1.807) is 18.3 Å². The van der Waals surface area contributed by atoms with Crippen LogP contribution < -0.4 is 0 Å². The lowest BCUT2D eigenvalue weighted by Crippen LogP contribution is -2.30. The Hall–Kier alpha value is -1.40. The molecule has 0 bridgehead atoms. The molecule has 0 unspecified atom stereocenters. The van der Waals surface area contributed by atoms with Gasteiger partial charge < -0.3 is 14.4 Å². The highest BCUT2D eigenvalue weighted by Crippen LogP contribution is 2.30. The maximum Gasteiger partial charge on any atom is 0.337 e. The first-order valence-electron chi connectivity index (χ1n) is 6.65. The van der Waals surface area contributed by atoms with Crippen molar-refractivity contribution in [1.82, 2.24) is 14.3 Å². The van der Waals surface area contributed by atoms with Crippen molar-refractivity contribution in [2.75, 3.05) is 20.1 Å². The zero-order valence-corrected chi connectivity index (χ0v) is 12.8. The molecule has 5 nitrogen and oxygen atoms in total. The van der Waals surface area contributed by atoms with Gasteiger partial charge in [-0.05, 0) is 61.0 Å². The zero-order chi connectivity index (χ0) is 14.3. The van der Waals surface area contributed by atoms with Crippen LogP contribution in [0.15, 0.2) is 22.9 Å². The molecule has 0 spiro atoms. The standard InChI is InChI=1S/C14H16BrN3O2/c1-17-6-4-9(5-7-17)13-16-12(15)11-3-2-10(14(19)20)8-18(11)13/h2-3,8-9H,4-7H2,1H3,(H,19,20). The number of piperidine rings is 1. The van der Waals surface area contributed by atoms with E-state index in [9.17, 15) is 4.79 Å². The predicted octanol–water partition coefficient (Wildman–Crippen LogP) is 2.60. The Labute approximate surface area is 125 Å². The number of fused-ring (bicyclic) bond motifs is 1. The third-order valence-electron chi connectivity index (χ3n) is 3.95. The molecule has 0 saturated carbocycles. The maximum atomic E-state index is 11.1. The Morgan fingerprint density at radius 2 is 2.10 bits per heavy atom. The molecule has 0 amide bonds. The number of pyridine rings is 1. The van der Waals surface area contributed by atoms with Gasteiger partial charge in [-0.25, -0.2) is 9.78 Å². The van der Waals surface area contributed by atoms with Crippen LogP contribution in [0.3, 0.4) is 0 Å². The molecule has 1 saturated heterocycles. The molecule has 6 heteroatoms. The van der Waals surface area contributed by atoms with Crippen LogP contribution in [0.4, 0.5) is 0 Å². The van der Waals surface area contributed by atoms with Crippen LogP contribution in [-0.2, 0) is 0 Å². The molecular formula is C14H16BrN3O2. The summed E-state index contributed by atoms with van der Waals surface area (Å²) in [6, 6.07) is 3.42. The molecule has 106 valence electrons. The molecule has 2 aromatic heterocycles. The molecule has 1 aliphatic heterocycles. The molecule has 1 aliphatic rings. The molecule has 2 aromatic rings. The Bertz CT molecular complexity index is 660. The first-order valence-corrected chi connectivity index (χ1v) is 7.45. The van der Waals surface area contributed by atoms with Gasteiger partial charge in [0.05, 0.1) is 11.1 Å². The fourth-order valence-corrected chi connectivity index (χ4v) is 3.26. The van der Waals surface area contributed by atoms with Crippen molar-refractivity contribution in [2.45, 2.75) is 18.8 Å². The summed E-state index contributed by atoms with van der Waals surface area (Å²) in [5.74, 6) is 0.433. The predicted molar refractivity (Wildman–Crippen MR) is 79.3 cm³/mol. The van der Waals surface area contributed by atoms with Crippen molar-refractivity contribution in [3.8, 4) is 0 Å². The maximum absolute atomic E-state index is 11.1. The van der Waals surface area contributed by atoms with Crippen molar-refractivity contribution >= 4 is 27.4 Å². The Kier molecular flexibility index (Phi) is 3.52. The molecular weight excluding hydrogens is 322 g/mol. The fourth-order valence-electron chi connectivity index (χ4n) is 2.75. The van der Waals surface area contributed by atoms with E-state index >= 15 is 0 Å². The minimum atomic E-state index is -0.911. The van der Waals surface area contributed by atoms with E-state index in [-0.39, 0.29) is 5.56 Å². The number of likely N-dealkylation sites (tertiary alicyclic amines) is 1. The van der Waals surface area contributed by atoms with Gasteiger partial charge in [-0.3, -0.25) is 0 Å². The number of aromatic carboxylic acids is 1. The van der Waals surface area contributed by atoms with E-state index in [0.29, 0.717) is 5.92 Å². The molecule has 20 heavy (non-hydrogen) atoms. The van der Waals surface area contributed by atoms with Gasteiger partial charge in [0, 0.05) is 12.1 Å². The molecule has 0 atom stereocenters. The minimum absolute atomic E-state index is 0.288. The number of rotatable bonds is 2. The fraction of sp³-hybridized carbons (Fsp3) is 0.429. The normalized spacial score (nSPS) is 17.7. The van der Waals surface area contributed by atoms with E-state index in [4.69, 9.17) is 5.11 Å². The van der Waals surface area contributed by atoms with Crippen LogP contribution in [0.1, 0.15) is 34.9 Å². The Morgan fingerprint density at radius 1 is 1.40 bits per heavy atom. The van der Waals surface area contributed by atoms with E-state index in [1.807, 2.05) is 4.40 Å². The minimum Gasteiger partial charge on any atom is -0.478 e. The molecule has 0 aromatic carbocycles. The monoisotopic (exact) mass is 337 g/mol. The second-order valence-corrected chi connectivity index (χ2v) is 6.07. The van der Waals surface area contributed by atoms with Crippen LogP contribution in [-0.4, -0.2) is 45.5 Å². The summed E-state index contributed by atoms with van der Waals surface area (Å²) in [7, 11) is 2.12. The van der Waals surface area contributed by atoms with Crippen LogP contribution in [0.25, 0.3) is 5.52 Å². The summed E-state index contributed by atoms with van der Waals surface area (Å²) in [4.78, 5) is 18.0. The third-order valence-corrected chi connectivity index (χ3v) is 4.53. The third kappa shape index (κ3) is 2.33. The number of carboxylic acids is 1. The highest BCUT2D eigenvalue weighted by atomic mass is 79.9. The average Bonchev–Trinajstić information content (AvgIpc) is 2.76. The average molecular weight is 338 g/mol. The summed E-state index contributed by atoms with van der Waals surface area (Å²) >= 11 is 3.47. The lowest BCUT2D eigenvalue weighted by atomic mass is 9.96. The molecule has 0 aliphatic carbocycles. The van der Waals surface area contributed by atoms with E-state index in [2.05, 4.69) is 32.9 Å². The number of imidazole rings is 1. The lowest BCUT2D eigenvalue weighted by molar-refractivity contribution is 0.0696. The Morgan fingerprint density at radius 3 is 2.75 bits per heavy atom. The summed E-state index contributed by atoms with van der Waals surface area (Å²) in [5, 5.41) is 9.13. The second-order valence-electron chi connectivity index (χ2n) is 5.32. The number of hydrogen-bond donors (Lipinski definition) is 1. The van der Waals surface area contributed by atoms with E-state index in [0.717, 1.165) is 41.9 Å². The number of carbonyl (C=O) groups is 1. The molecule has 3 rings (SSSR count). The molecule has 1 N–H and O–H groups in total. The van der Waals surface area contributed by atoms with Crippen LogP contribution in [0.5, 0.6) is 0 Å². The summed E-state index contributed by atoms with van der Waals surface area (Å²) in [5.41, 5.74) is 1.21. The molecule has 3 heterocycles. The number of carboxylic acid groups (broad SMARTS) is 1. The van der Waals surface area contributed by atoms with Crippen LogP contribution in [0.2, 0.25) is 0 Å². The number of halogens is 1. The first-order chi connectivity index (χ1) is 9.56. The van der Waals surface area contributed by atoms with Crippen molar-refractivity contribution in [3.63, 3.8) is 0 Å². The summed E-state index contributed by atoms with van der Waals surface area (Å²) < 4.78 is 2.70. The van der Waals surface area contributed by atoms with E-state index < -0.39 is 5.97 Å². The number of nitrogens with zero attached hydrogens (tertiary/aromatic N) is 3. The zero-order valence-electron chi connectivity index (χ0n) is 11.2. The van der Waals surface area contributed by atoms with Gasteiger partial charge in [0.1, 0.15) is 10.4 Å². The largest absolute Gasteiger partial charge is 0.478 e. The van der Waals surface area contributed by atoms with Gasteiger partial charge in [-0.2, -0.15) is 0 Å². The SMILES string of the molecule is CN1CCC(c2nc(Br)c3ccc(C(=O)O)cn23)CC1. The second kappa shape index (κ2) is 5.18. The Balaban J connectivity index is 2.05. The smallest absolute Gasteiger partial charge is 0.337 e. The van der Waals surface area contributed by atoms with Crippen molar-refractivity contribution in [1.29, 1.82) is 0 Å². The number of aromatic nitrogens is 2. The topological polar surface area (TPSA) is 57.8 Å². The van der Waals surface area contributed by atoms with Gasteiger partial charge in [-0.1, -0.05) is 0 Å². The van der Waals surface area contributed by atoms with Gasteiger partial charge in [0.2, 0.25) is 0 Å². The van der Waals surface area contributed by atoms with Gasteiger partial charge in [0.15, 0.2) is 0 Å². The first kappa shape index (κ1) is 13.6. The summed E-state index contributed by atoms with van der Waals surface area (Å²) in [6.07, 6.45) is 3.78. The van der Waals surface area contributed by atoms with Crippen LogP contribution >= 0.6 is 15.9 Å². The molecule has 1 fully saturated rings. The van der Waals surface area contributed by atoms with Crippen molar-refractivity contribution in [3.05, 3.63) is 34.3 Å². The quantitative estimate of drug-likeness (QED) is 0.915. The van der Waals surface area contributed by atoms with Crippen LogP contribution in [0, 0.1) is 0 Å². The van der Waals surface area contributed by atoms with Crippen molar-refractivity contribution in [2.24, 2.45) is 0 Å². The van der Waals surface area contributed by atoms with Gasteiger partial charge >= 0.3 is 5.97 Å². The lowest BCUT2D eigenvalue weighted by Gasteiger charge is -2.28. The van der Waals surface area contributed by atoms with Crippen molar-refractivity contribution < 1.29 is 9.90 Å². The number of hydrogen-bond acceptors (Lipinski definition) is 3. The summed E-state index contributed by atoms with van der Waals surface area (Å²) in [6.45, 7) is 2.10.